The van der Waals surface area contributed by atoms with Crippen LogP contribution >= 0.6 is 0 Å². The van der Waals surface area contributed by atoms with Crippen LogP contribution in [-0.2, 0) is 0 Å². The Kier molecular flexibility index (Phi) is 5.79. The van der Waals surface area contributed by atoms with E-state index in [1.165, 1.54) is 0 Å². The van der Waals surface area contributed by atoms with E-state index in [0.29, 0.717) is 24.9 Å². The fourth-order valence-corrected chi connectivity index (χ4v) is 2.70. The molecule has 0 saturated carbocycles. The number of ether oxygens (including phenoxy) is 1. The predicted molar refractivity (Wildman–Crippen MR) is 90.0 cm³/mol. The highest BCUT2D eigenvalue weighted by atomic mass is 16.5. The minimum atomic E-state index is -0.185. The summed E-state index contributed by atoms with van der Waals surface area (Å²) in [6, 6.07) is 9.98. The standard InChI is InChI=1S/C17H23N5O2/c23-17(19-9-4-12-24-15-5-2-1-3-6-15)16-13-22(21-20-16)14-7-10-18-11-8-14/h1-3,5-6,13-14,18H,4,7-12H2,(H,19,23). The van der Waals surface area contributed by atoms with Gasteiger partial charge in [0.1, 0.15) is 5.75 Å². The van der Waals surface area contributed by atoms with Gasteiger partial charge >= 0.3 is 0 Å². The Labute approximate surface area is 141 Å². The maximum atomic E-state index is 12.1. The van der Waals surface area contributed by atoms with E-state index in [0.717, 1.165) is 38.1 Å². The van der Waals surface area contributed by atoms with Crippen molar-refractivity contribution in [1.29, 1.82) is 0 Å². The third-order valence-corrected chi connectivity index (χ3v) is 4.04. The van der Waals surface area contributed by atoms with Gasteiger partial charge in [-0.05, 0) is 44.5 Å². The topological polar surface area (TPSA) is 81.1 Å². The molecular weight excluding hydrogens is 306 g/mol. The van der Waals surface area contributed by atoms with Crippen LogP contribution in [0.3, 0.4) is 0 Å². The normalized spacial score (nSPS) is 15.2. The van der Waals surface area contributed by atoms with Gasteiger partial charge < -0.3 is 15.4 Å². The second-order valence-electron chi connectivity index (χ2n) is 5.84. The number of carbonyl (C=O) groups excluding carboxylic acids is 1. The van der Waals surface area contributed by atoms with Gasteiger partial charge in [0.2, 0.25) is 0 Å². The smallest absolute Gasteiger partial charge is 0.273 e. The highest BCUT2D eigenvalue weighted by molar-refractivity contribution is 5.91. The second-order valence-corrected chi connectivity index (χ2v) is 5.84. The Bertz CT molecular complexity index is 637. The number of rotatable bonds is 7. The van der Waals surface area contributed by atoms with Gasteiger partial charge in [0.05, 0.1) is 18.8 Å². The molecule has 0 aliphatic carbocycles. The molecule has 1 aliphatic heterocycles. The van der Waals surface area contributed by atoms with Crippen molar-refractivity contribution in [2.75, 3.05) is 26.2 Å². The molecule has 7 heteroatoms. The number of aromatic nitrogens is 3. The molecular formula is C17H23N5O2. The Hall–Kier alpha value is -2.41. The van der Waals surface area contributed by atoms with Crippen LogP contribution < -0.4 is 15.4 Å². The van der Waals surface area contributed by atoms with E-state index in [1.807, 2.05) is 35.0 Å². The SMILES string of the molecule is O=C(NCCCOc1ccccc1)c1cn(C2CCNCC2)nn1. The third-order valence-electron chi connectivity index (χ3n) is 4.04. The molecule has 1 aromatic heterocycles. The monoisotopic (exact) mass is 329 g/mol. The molecule has 24 heavy (non-hydrogen) atoms. The third kappa shape index (κ3) is 4.55. The van der Waals surface area contributed by atoms with Crippen LogP contribution in [-0.4, -0.2) is 47.1 Å². The highest BCUT2D eigenvalue weighted by Gasteiger charge is 2.18. The van der Waals surface area contributed by atoms with Gasteiger partial charge in [-0.1, -0.05) is 23.4 Å². The molecule has 1 saturated heterocycles. The van der Waals surface area contributed by atoms with Crippen molar-refractivity contribution in [3.63, 3.8) is 0 Å². The average Bonchev–Trinajstić information content (AvgIpc) is 3.13. The lowest BCUT2D eigenvalue weighted by Crippen LogP contribution is -2.29. The van der Waals surface area contributed by atoms with Gasteiger partial charge in [-0.25, -0.2) is 4.68 Å². The van der Waals surface area contributed by atoms with Crippen molar-refractivity contribution < 1.29 is 9.53 Å². The number of carbonyl (C=O) groups is 1. The minimum Gasteiger partial charge on any atom is -0.494 e. The van der Waals surface area contributed by atoms with Crippen LogP contribution in [0, 0.1) is 0 Å². The van der Waals surface area contributed by atoms with E-state index < -0.39 is 0 Å². The van der Waals surface area contributed by atoms with E-state index in [9.17, 15) is 4.79 Å². The van der Waals surface area contributed by atoms with Gasteiger partial charge in [-0.3, -0.25) is 4.79 Å². The van der Waals surface area contributed by atoms with Crippen LogP contribution in [0.2, 0.25) is 0 Å². The maximum absolute atomic E-state index is 12.1. The molecule has 0 radical (unpaired) electrons. The highest BCUT2D eigenvalue weighted by Crippen LogP contribution is 2.17. The molecule has 2 aromatic rings. The summed E-state index contributed by atoms with van der Waals surface area (Å²) in [6.45, 7) is 3.07. The Morgan fingerprint density at radius 1 is 1.29 bits per heavy atom. The zero-order chi connectivity index (χ0) is 16.6. The summed E-state index contributed by atoms with van der Waals surface area (Å²) in [5.41, 5.74) is 0.373. The van der Waals surface area contributed by atoms with Crippen LogP contribution in [0.25, 0.3) is 0 Å². The molecule has 1 amide bonds. The molecule has 0 bridgehead atoms. The summed E-state index contributed by atoms with van der Waals surface area (Å²) in [4.78, 5) is 12.1. The molecule has 7 nitrogen and oxygen atoms in total. The Morgan fingerprint density at radius 2 is 2.08 bits per heavy atom. The zero-order valence-corrected chi connectivity index (χ0v) is 13.6. The first kappa shape index (κ1) is 16.4. The number of nitrogens with zero attached hydrogens (tertiary/aromatic N) is 3. The van der Waals surface area contributed by atoms with Crippen LogP contribution in [0.5, 0.6) is 5.75 Å². The van der Waals surface area contributed by atoms with E-state index in [4.69, 9.17) is 4.74 Å². The first-order valence-electron chi connectivity index (χ1n) is 8.41. The van der Waals surface area contributed by atoms with E-state index >= 15 is 0 Å². The summed E-state index contributed by atoms with van der Waals surface area (Å²) >= 11 is 0. The maximum Gasteiger partial charge on any atom is 0.273 e. The molecule has 0 atom stereocenters. The molecule has 2 N–H and O–H groups in total. The molecule has 1 aliphatic rings. The lowest BCUT2D eigenvalue weighted by molar-refractivity contribution is 0.0946. The summed E-state index contributed by atoms with van der Waals surface area (Å²) in [7, 11) is 0. The van der Waals surface area contributed by atoms with Crippen molar-refractivity contribution in [2.45, 2.75) is 25.3 Å². The van der Waals surface area contributed by atoms with E-state index in [2.05, 4.69) is 20.9 Å². The molecule has 0 spiro atoms. The molecule has 0 unspecified atom stereocenters. The molecule has 128 valence electrons. The van der Waals surface area contributed by atoms with Gasteiger partial charge in [0.15, 0.2) is 5.69 Å². The second kappa shape index (κ2) is 8.44. The average molecular weight is 329 g/mol. The predicted octanol–water partition coefficient (Wildman–Crippen LogP) is 1.40. The van der Waals surface area contributed by atoms with E-state index in [1.54, 1.807) is 6.20 Å². The Morgan fingerprint density at radius 3 is 2.88 bits per heavy atom. The lowest BCUT2D eigenvalue weighted by atomic mass is 10.1. The summed E-state index contributed by atoms with van der Waals surface area (Å²) < 4.78 is 7.40. The van der Waals surface area contributed by atoms with Crippen LogP contribution in [0.1, 0.15) is 35.8 Å². The van der Waals surface area contributed by atoms with Gasteiger partial charge in [-0.15, -0.1) is 5.10 Å². The van der Waals surface area contributed by atoms with Crippen molar-refractivity contribution in [3.05, 3.63) is 42.2 Å². The summed E-state index contributed by atoms with van der Waals surface area (Å²) in [6.07, 6.45) is 4.51. The number of nitrogens with one attached hydrogen (secondary N) is 2. The van der Waals surface area contributed by atoms with Crippen molar-refractivity contribution in [2.24, 2.45) is 0 Å². The number of hydrogen-bond acceptors (Lipinski definition) is 5. The molecule has 1 aromatic carbocycles. The molecule has 2 heterocycles. The quantitative estimate of drug-likeness (QED) is 0.751. The minimum absolute atomic E-state index is 0.185. The number of hydrogen-bond donors (Lipinski definition) is 2. The van der Waals surface area contributed by atoms with Crippen molar-refractivity contribution in [3.8, 4) is 5.75 Å². The van der Waals surface area contributed by atoms with Crippen molar-refractivity contribution in [1.82, 2.24) is 25.6 Å². The van der Waals surface area contributed by atoms with Crippen LogP contribution in [0.4, 0.5) is 0 Å². The number of para-hydroxylation sites is 1. The molecule has 3 rings (SSSR count). The van der Waals surface area contributed by atoms with E-state index in [-0.39, 0.29) is 5.91 Å². The van der Waals surface area contributed by atoms with Gasteiger partial charge in [0.25, 0.3) is 5.91 Å². The van der Waals surface area contributed by atoms with Crippen LogP contribution in [0.15, 0.2) is 36.5 Å². The number of benzene rings is 1. The number of piperidine rings is 1. The van der Waals surface area contributed by atoms with Gasteiger partial charge in [0, 0.05) is 6.54 Å². The number of amides is 1. The summed E-state index contributed by atoms with van der Waals surface area (Å²) in [5, 5.41) is 14.3. The fraction of sp³-hybridized carbons (Fsp3) is 0.471. The first-order chi connectivity index (χ1) is 11.8. The molecule has 1 fully saturated rings. The Balaban J connectivity index is 1.38. The van der Waals surface area contributed by atoms with Gasteiger partial charge in [-0.2, -0.15) is 0 Å². The fourth-order valence-electron chi connectivity index (χ4n) is 2.70. The lowest BCUT2D eigenvalue weighted by Gasteiger charge is -2.22. The summed E-state index contributed by atoms with van der Waals surface area (Å²) in [5.74, 6) is 0.656. The van der Waals surface area contributed by atoms with Crippen molar-refractivity contribution >= 4 is 5.91 Å². The zero-order valence-electron chi connectivity index (χ0n) is 13.6. The largest absolute Gasteiger partial charge is 0.494 e. The first-order valence-corrected chi connectivity index (χ1v) is 8.41.